The van der Waals surface area contributed by atoms with Crippen LogP contribution in [0, 0.1) is 0 Å². The Kier molecular flexibility index (Phi) is 4.47. The zero-order valence-electron chi connectivity index (χ0n) is 11.5. The Morgan fingerprint density at radius 2 is 2.11 bits per heavy atom. The third kappa shape index (κ3) is 3.09. The zero-order chi connectivity index (χ0) is 13.9. The highest BCUT2D eigenvalue weighted by atomic mass is 32.2. The quantitative estimate of drug-likeness (QED) is 0.853. The van der Waals surface area contributed by atoms with Gasteiger partial charge in [0.25, 0.3) is 0 Å². The largest absolute Gasteiger partial charge is 0.492 e. The summed E-state index contributed by atoms with van der Waals surface area (Å²) in [6, 6.07) is 7.50. The van der Waals surface area contributed by atoms with E-state index in [9.17, 15) is 8.42 Å². The molecule has 0 aliphatic carbocycles. The first-order valence-electron chi connectivity index (χ1n) is 6.77. The number of unbranched alkanes of at least 4 members (excludes halogenated alkanes) is 1. The molecule has 106 valence electrons. The SMILES string of the molecule is CCCCS(=O)(=O)N1CCOc2ccccc2C1C. The molecule has 19 heavy (non-hydrogen) atoms. The van der Waals surface area contributed by atoms with Gasteiger partial charge in [0.1, 0.15) is 12.4 Å². The van der Waals surface area contributed by atoms with Crippen LogP contribution >= 0.6 is 0 Å². The van der Waals surface area contributed by atoms with Crippen molar-refractivity contribution in [2.75, 3.05) is 18.9 Å². The summed E-state index contributed by atoms with van der Waals surface area (Å²) < 4.78 is 32.0. The number of hydrogen-bond donors (Lipinski definition) is 0. The molecule has 1 aromatic carbocycles. The molecule has 1 aliphatic rings. The molecule has 1 aliphatic heterocycles. The van der Waals surface area contributed by atoms with Crippen LogP contribution in [0.5, 0.6) is 5.75 Å². The Bertz CT molecular complexity index is 527. The second kappa shape index (κ2) is 5.92. The van der Waals surface area contributed by atoms with Gasteiger partial charge in [0, 0.05) is 12.1 Å². The summed E-state index contributed by atoms with van der Waals surface area (Å²) in [5, 5.41) is 0. The van der Waals surface area contributed by atoms with E-state index < -0.39 is 10.0 Å². The van der Waals surface area contributed by atoms with Crippen molar-refractivity contribution in [3.8, 4) is 5.75 Å². The van der Waals surface area contributed by atoms with Gasteiger partial charge in [-0.1, -0.05) is 31.5 Å². The summed E-state index contributed by atoms with van der Waals surface area (Å²) in [7, 11) is -3.21. The van der Waals surface area contributed by atoms with E-state index in [4.69, 9.17) is 4.74 Å². The van der Waals surface area contributed by atoms with Crippen molar-refractivity contribution in [3.05, 3.63) is 29.8 Å². The van der Waals surface area contributed by atoms with Gasteiger partial charge in [-0.3, -0.25) is 0 Å². The number of hydrogen-bond acceptors (Lipinski definition) is 3. The maximum atomic E-state index is 12.4. The molecular formula is C14H21NO3S. The lowest BCUT2D eigenvalue weighted by atomic mass is 10.1. The molecule has 1 aromatic rings. The average molecular weight is 283 g/mol. The van der Waals surface area contributed by atoms with Crippen molar-refractivity contribution in [2.24, 2.45) is 0 Å². The second-order valence-corrected chi connectivity index (χ2v) is 6.88. The first-order chi connectivity index (χ1) is 9.06. The molecule has 0 aromatic heterocycles. The van der Waals surface area contributed by atoms with Gasteiger partial charge in [0.2, 0.25) is 10.0 Å². The first kappa shape index (κ1) is 14.3. The summed E-state index contributed by atoms with van der Waals surface area (Å²) in [4.78, 5) is 0. The zero-order valence-corrected chi connectivity index (χ0v) is 12.3. The van der Waals surface area contributed by atoms with E-state index in [1.807, 2.05) is 38.1 Å². The van der Waals surface area contributed by atoms with Crippen LogP contribution in [0.4, 0.5) is 0 Å². The van der Waals surface area contributed by atoms with Gasteiger partial charge >= 0.3 is 0 Å². The Hall–Kier alpha value is -1.07. The monoisotopic (exact) mass is 283 g/mol. The predicted molar refractivity (Wildman–Crippen MR) is 75.8 cm³/mol. The van der Waals surface area contributed by atoms with Gasteiger partial charge in [-0.05, 0) is 19.4 Å². The Balaban J connectivity index is 2.29. The molecule has 0 N–H and O–H groups in total. The van der Waals surface area contributed by atoms with Crippen molar-refractivity contribution in [2.45, 2.75) is 32.7 Å². The van der Waals surface area contributed by atoms with Crippen LogP contribution in [-0.2, 0) is 10.0 Å². The highest BCUT2D eigenvalue weighted by Crippen LogP contribution is 2.33. The normalized spacial score (nSPS) is 20.4. The molecular weight excluding hydrogens is 262 g/mol. The van der Waals surface area contributed by atoms with Crippen LogP contribution in [0.15, 0.2) is 24.3 Å². The highest BCUT2D eigenvalue weighted by molar-refractivity contribution is 7.89. The number of fused-ring (bicyclic) bond motifs is 1. The van der Waals surface area contributed by atoms with E-state index in [0.717, 1.165) is 17.7 Å². The minimum absolute atomic E-state index is 0.166. The molecule has 0 spiro atoms. The average Bonchev–Trinajstić information content (AvgIpc) is 2.57. The van der Waals surface area contributed by atoms with E-state index in [1.165, 1.54) is 0 Å². The van der Waals surface area contributed by atoms with Crippen LogP contribution in [0.1, 0.15) is 38.3 Å². The van der Waals surface area contributed by atoms with Crippen molar-refractivity contribution < 1.29 is 13.2 Å². The third-order valence-electron chi connectivity index (χ3n) is 3.48. The van der Waals surface area contributed by atoms with Gasteiger partial charge in [-0.2, -0.15) is 4.31 Å². The molecule has 0 bridgehead atoms. The van der Waals surface area contributed by atoms with E-state index >= 15 is 0 Å². The Morgan fingerprint density at radius 3 is 2.84 bits per heavy atom. The number of rotatable bonds is 4. The summed E-state index contributed by atoms with van der Waals surface area (Å²) in [5.41, 5.74) is 0.945. The molecule has 1 atom stereocenters. The Labute approximate surface area is 115 Å². The molecule has 0 radical (unpaired) electrons. The maximum Gasteiger partial charge on any atom is 0.214 e. The van der Waals surface area contributed by atoms with Gasteiger partial charge in [-0.15, -0.1) is 0 Å². The standard InChI is InChI=1S/C14H21NO3S/c1-3-4-11-19(16,17)15-9-10-18-14-8-6-5-7-13(14)12(15)2/h5-8,12H,3-4,9-11H2,1-2H3. The number of ether oxygens (including phenoxy) is 1. The predicted octanol–water partition coefficient (Wildman–Crippen LogP) is 2.57. The summed E-state index contributed by atoms with van der Waals surface area (Å²) in [5.74, 6) is 1.01. The minimum atomic E-state index is -3.21. The number of sulfonamides is 1. The Morgan fingerprint density at radius 1 is 1.37 bits per heavy atom. The summed E-state index contributed by atoms with van der Waals surface area (Å²) in [6.07, 6.45) is 1.59. The van der Waals surface area contributed by atoms with Gasteiger partial charge in [0.15, 0.2) is 0 Å². The lowest BCUT2D eigenvalue weighted by Crippen LogP contribution is -2.36. The molecule has 0 saturated carbocycles. The van der Waals surface area contributed by atoms with E-state index in [1.54, 1.807) is 4.31 Å². The summed E-state index contributed by atoms with van der Waals surface area (Å²) in [6.45, 7) is 4.76. The molecule has 4 nitrogen and oxygen atoms in total. The topological polar surface area (TPSA) is 46.6 Å². The van der Waals surface area contributed by atoms with Gasteiger partial charge in [0.05, 0.1) is 11.8 Å². The van der Waals surface area contributed by atoms with Crippen molar-refractivity contribution in [1.29, 1.82) is 0 Å². The molecule has 5 heteroatoms. The van der Waals surface area contributed by atoms with Crippen LogP contribution in [0.2, 0.25) is 0 Å². The van der Waals surface area contributed by atoms with E-state index in [-0.39, 0.29) is 11.8 Å². The highest BCUT2D eigenvalue weighted by Gasteiger charge is 2.31. The molecule has 0 saturated heterocycles. The second-order valence-electron chi connectivity index (χ2n) is 4.84. The number of nitrogens with zero attached hydrogens (tertiary/aromatic N) is 1. The molecule has 2 rings (SSSR count). The smallest absolute Gasteiger partial charge is 0.214 e. The van der Waals surface area contributed by atoms with Gasteiger partial charge < -0.3 is 4.74 Å². The molecule has 0 fully saturated rings. The van der Waals surface area contributed by atoms with E-state index in [0.29, 0.717) is 19.6 Å². The molecule has 1 unspecified atom stereocenters. The van der Waals surface area contributed by atoms with Crippen molar-refractivity contribution in [3.63, 3.8) is 0 Å². The molecule has 0 amide bonds. The van der Waals surface area contributed by atoms with Gasteiger partial charge in [-0.25, -0.2) is 8.42 Å². The first-order valence-corrected chi connectivity index (χ1v) is 8.38. The fraction of sp³-hybridized carbons (Fsp3) is 0.571. The van der Waals surface area contributed by atoms with Crippen LogP contribution in [0.25, 0.3) is 0 Å². The lowest BCUT2D eigenvalue weighted by molar-refractivity contribution is 0.278. The van der Waals surface area contributed by atoms with Crippen LogP contribution in [0.3, 0.4) is 0 Å². The number of para-hydroxylation sites is 1. The lowest BCUT2D eigenvalue weighted by Gasteiger charge is -2.26. The fourth-order valence-electron chi connectivity index (χ4n) is 2.38. The molecule has 1 heterocycles. The van der Waals surface area contributed by atoms with Crippen molar-refractivity contribution >= 4 is 10.0 Å². The van der Waals surface area contributed by atoms with Crippen molar-refractivity contribution in [1.82, 2.24) is 4.31 Å². The summed E-state index contributed by atoms with van der Waals surface area (Å²) >= 11 is 0. The van der Waals surface area contributed by atoms with Crippen LogP contribution < -0.4 is 4.74 Å². The maximum absolute atomic E-state index is 12.4. The van der Waals surface area contributed by atoms with Crippen LogP contribution in [-0.4, -0.2) is 31.6 Å². The van der Waals surface area contributed by atoms with E-state index in [2.05, 4.69) is 0 Å². The fourth-order valence-corrected chi connectivity index (χ4v) is 4.21. The third-order valence-corrected chi connectivity index (χ3v) is 5.50. The number of benzene rings is 1. The minimum Gasteiger partial charge on any atom is -0.492 e.